The summed E-state index contributed by atoms with van der Waals surface area (Å²) in [5.41, 5.74) is 0.958. The maximum Gasteiger partial charge on any atom is 0.225 e. The third-order valence-corrected chi connectivity index (χ3v) is 3.28. The predicted molar refractivity (Wildman–Crippen MR) is 73.2 cm³/mol. The van der Waals surface area contributed by atoms with Crippen molar-refractivity contribution in [1.29, 1.82) is 0 Å². The Morgan fingerprint density at radius 2 is 1.60 bits per heavy atom. The highest BCUT2D eigenvalue weighted by Gasteiger charge is 2.19. The Bertz CT molecular complexity index is 580. The summed E-state index contributed by atoms with van der Waals surface area (Å²) in [5, 5.41) is 0. The summed E-state index contributed by atoms with van der Waals surface area (Å²) in [7, 11) is 0. The second kappa shape index (κ2) is 5.36. The van der Waals surface area contributed by atoms with Gasteiger partial charge < -0.3 is 9.80 Å². The van der Waals surface area contributed by atoms with Gasteiger partial charge in [0.15, 0.2) is 5.82 Å². The number of rotatable bonds is 2. The second-order valence-corrected chi connectivity index (χ2v) is 4.69. The molecule has 104 valence electrons. The zero-order chi connectivity index (χ0) is 13.9. The van der Waals surface area contributed by atoms with Gasteiger partial charge in [-0.15, -0.1) is 0 Å². The minimum Gasteiger partial charge on any atom is -0.353 e. The summed E-state index contributed by atoms with van der Waals surface area (Å²) in [6.07, 6.45) is 3.98. The quantitative estimate of drug-likeness (QED) is 0.815. The molecule has 7 heteroatoms. The first kappa shape index (κ1) is 12.7. The predicted octanol–water partition coefficient (Wildman–Crippen LogP) is 1.04. The zero-order valence-electron chi connectivity index (χ0n) is 11.2. The minimum atomic E-state index is -0.413. The molecule has 1 saturated heterocycles. The third-order valence-electron chi connectivity index (χ3n) is 3.28. The van der Waals surface area contributed by atoms with Crippen molar-refractivity contribution in [3.05, 3.63) is 36.3 Å². The molecule has 0 aliphatic carbocycles. The van der Waals surface area contributed by atoms with E-state index >= 15 is 0 Å². The molecule has 3 heterocycles. The topological polar surface area (TPSA) is 58.0 Å². The van der Waals surface area contributed by atoms with Crippen LogP contribution in [-0.4, -0.2) is 46.1 Å². The molecule has 0 unspecified atom stereocenters. The van der Waals surface area contributed by atoms with Gasteiger partial charge in [-0.3, -0.25) is 0 Å². The molecule has 0 atom stereocenters. The third kappa shape index (κ3) is 2.66. The Morgan fingerprint density at radius 3 is 2.25 bits per heavy atom. The lowest BCUT2D eigenvalue weighted by molar-refractivity contribution is 0.601. The van der Waals surface area contributed by atoms with Gasteiger partial charge in [-0.1, -0.05) is 0 Å². The van der Waals surface area contributed by atoms with Gasteiger partial charge in [0.1, 0.15) is 12.1 Å². The molecule has 1 fully saturated rings. The maximum atomic E-state index is 12.8. The number of aryl methyl sites for hydroxylation is 1. The van der Waals surface area contributed by atoms with E-state index in [1.54, 1.807) is 6.33 Å². The van der Waals surface area contributed by atoms with E-state index in [1.165, 1.54) is 12.4 Å². The summed E-state index contributed by atoms with van der Waals surface area (Å²) < 4.78 is 12.8. The summed E-state index contributed by atoms with van der Waals surface area (Å²) in [5.74, 6) is 1.10. The van der Waals surface area contributed by atoms with Crippen LogP contribution in [0.5, 0.6) is 0 Å². The van der Waals surface area contributed by atoms with Crippen LogP contribution in [0.25, 0.3) is 0 Å². The average Bonchev–Trinajstić information content (AvgIpc) is 2.48. The summed E-state index contributed by atoms with van der Waals surface area (Å²) >= 11 is 0. The zero-order valence-corrected chi connectivity index (χ0v) is 11.2. The Balaban J connectivity index is 1.66. The molecule has 0 bridgehead atoms. The van der Waals surface area contributed by atoms with Crippen molar-refractivity contribution in [2.24, 2.45) is 0 Å². The van der Waals surface area contributed by atoms with Crippen LogP contribution in [-0.2, 0) is 0 Å². The van der Waals surface area contributed by atoms with Crippen LogP contribution in [0.1, 0.15) is 5.69 Å². The smallest absolute Gasteiger partial charge is 0.225 e. The van der Waals surface area contributed by atoms with Crippen molar-refractivity contribution in [2.45, 2.75) is 6.92 Å². The van der Waals surface area contributed by atoms with Crippen LogP contribution in [0, 0.1) is 12.7 Å². The molecule has 1 aliphatic heterocycles. The van der Waals surface area contributed by atoms with Gasteiger partial charge in [-0.05, 0) is 6.92 Å². The van der Waals surface area contributed by atoms with Gasteiger partial charge in [0.25, 0.3) is 0 Å². The Morgan fingerprint density at radius 1 is 0.950 bits per heavy atom. The fourth-order valence-corrected chi connectivity index (χ4v) is 2.22. The minimum absolute atomic E-state index is 0.413. The van der Waals surface area contributed by atoms with Crippen LogP contribution in [0.4, 0.5) is 16.2 Å². The van der Waals surface area contributed by atoms with Crippen molar-refractivity contribution in [1.82, 2.24) is 19.9 Å². The van der Waals surface area contributed by atoms with E-state index in [0.29, 0.717) is 5.95 Å². The van der Waals surface area contributed by atoms with Crippen LogP contribution >= 0.6 is 0 Å². The highest BCUT2D eigenvalue weighted by Crippen LogP contribution is 2.16. The maximum absolute atomic E-state index is 12.8. The van der Waals surface area contributed by atoms with Gasteiger partial charge in [0, 0.05) is 37.9 Å². The van der Waals surface area contributed by atoms with Crippen LogP contribution < -0.4 is 9.80 Å². The van der Waals surface area contributed by atoms with E-state index < -0.39 is 5.82 Å². The number of hydrogen-bond donors (Lipinski definition) is 0. The Kier molecular flexibility index (Phi) is 3.41. The van der Waals surface area contributed by atoms with Gasteiger partial charge in [-0.2, -0.15) is 0 Å². The van der Waals surface area contributed by atoms with E-state index in [-0.39, 0.29) is 0 Å². The van der Waals surface area contributed by atoms with Gasteiger partial charge in [-0.25, -0.2) is 24.3 Å². The molecule has 3 rings (SSSR count). The summed E-state index contributed by atoms with van der Waals surface area (Å²) in [4.78, 5) is 20.7. The number of nitrogens with zero attached hydrogens (tertiary/aromatic N) is 6. The number of aromatic nitrogens is 4. The number of halogens is 1. The monoisotopic (exact) mass is 274 g/mol. The fourth-order valence-electron chi connectivity index (χ4n) is 2.22. The highest BCUT2D eigenvalue weighted by molar-refractivity contribution is 5.42. The molecule has 0 spiro atoms. The molecule has 2 aromatic rings. The summed E-state index contributed by atoms with van der Waals surface area (Å²) in [6.45, 7) is 5.19. The molecule has 0 aromatic carbocycles. The first-order valence-electron chi connectivity index (χ1n) is 6.48. The molecule has 0 radical (unpaired) electrons. The second-order valence-electron chi connectivity index (χ2n) is 4.69. The molecule has 0 N–H and O–H groups in total. The van der Waals surface area contributed by atoms with Gasteiger partial charge in [0.2, 0.25) is 5.95 Å². The average molecular weight is 274 g/mol. The lowest BCUT2D eigenvalue weighted by Crippen LogP contribution is -2.47. The van der Waals surface area contributed by atoms with Gasteiger partial charge in [0.05, 0.1) is 12.4 Å². The fraction of sp³-hybridized carbons (Fsp3) is 0.385. The van der Waals surface area contributed by atoms with Crippen LogP contribution in [0.2, 0.25) is 0 Å². The van der Waals surface area contributed by atoms with Crippen LogP contribution in [0.15, 0.2) is 24.8 Å². The first-order valence-corrected chi connectivity index (χ1v) is 6.48. The van der Waals surface area contributed by atoms with E-state index in [1.807, 2.05) is 17.9 Å². The molecule has 0 amide bonds. The van der Waals surface area contributed by atoms with E-state index in [9.17, 15) is 4.39 Å². The Labute approximate surface area is 116 Å². The molecule has 2 aromatic heterocycles. The normalized spacial score (nSPS) is 15.5. The van der Waals surface area contributed by atoms with E-state index in [2.05, 4.69) is 24.8 Å². The molecule has 20 heavy (non-hydrogen) atoms. The largest absolute Gasteiger partial charge is 0.353 e. The van der Waals surface area contributed by atoms with Crippen molar-refractivity contribution >= 4 is 11.8 Å². The number of hydrogen-bond acceptors (Lipinski definition) is 6. The number of anilines is 2. The standard InChI is InChI=1S/C13H15FN6/c1-10-6-12(18-9-17-10)19-2-4-20(5-3-19)13-15-7-11(14)8-16-13/h6-9H,2-5H2,1H3. The Hall–Kier alpha value is -2.31. The molecule has 1 aliphatic rings. The first-order chi connectivity index (χ1) is 9.72. The number of piperazine rings is 1. The van der Waals surface area contributed by atoms with Gasteiger partial charge >= 0.3 is 0 Å². The lowest BCUT2D eigenvalue weighted by atomic mass is 10.3. The molecule has 6 nitrogen and oxygen atoms in total. The van der Waals surface area contributed by atoms with E-state index in [0.717, 1.165) is 37.7 Å². The van der Waals surface area contributed by atoms with Crippen LogP contribution in [0.3, 0.4) is 0 Å². The molecule has 0 saturated carbocycles. The van der Waals surface area contributed by atoms with Crippen molar-refractivity contribution in [3.63, 3.8) is 0 Å². The van der Waals surface area contributed by atoms with Crippen molar-refractivity contribution in [3.8, 4) is 0 Å². The summed E-state index contributed by atoms with van der Waals surface area (Å²) in [6, 6.07) is 1.98. The SMILES string of the molecule is Cc1cc(N2CCN(c3ncc(F)cn3)CC2)ncn1. The van der Waals surface area contributed by atoms with Crippen molar-refractivity contribution < 1.29 is 4.39 Å². The molecular weight excluding hydrogens is 259 g/mol. The lowest BCUT2D eigenvalue weighted by Gasteiger charge is -2.35. The highest BCUT2D eigenvalue weighted by atomic mass is 19.1. The van der Waals surface area contributed by atoms with Crippen molar-refractivity contribution in [2.75, 3.05) is 36.0 Å². The van der Waals surface area contributed by atoms with E-state index in [4.69, 9.17) is 0 Å². The molecular formula is C13H15FN6.